The van der Waals surface area contributed by atoms with E-state index in [1.54, 1.807) is 12.1 Å². The molecule has 3 saturated carbocycles. The predicted octanol–water partition coefficient (Wildman–Crippen LogP) is 4.89. The van der Waals surface area contributed by atoms with Crippen LogP contribution in [0.15, 0.2) is 30.3 Å². The molecule has 6 atom stereocenters. The number of ketones is 1. The van der Waals surface area contributed by atoms with Gasteiger partial charge in [0.15, 0.2) is 0 Å². The number of carboxylic acid groups (broad SMARTS) is 1. The minimum atomic E-state index is -0.833. The molecule has 0 aromatic heterocycles. The molecule has 30 heavy (non-hydrogen) atoms. The summed E-state index contributed by atoms with van der Waals surface area (Å²) in [5.74, 6) is 0.205. The van der Waals surface area contributed by atoms with E-state index in [1.165, 1.54) is 0 Å². The summed E-state index contributed by atoms with van der Waals surface area (Å²) in [5, 5.41) is 9.18. The van der Waals surface area contributed by atoms with Crippen molar-refractivity contribution in [1.29, 1.82) is 0 Å². The lowest BCUT2D eigenvalue weighted by Crippen LogP contribution is -2.53. The van der Waals surface area contributed by atoms with Crippen molar-refractivity contribution >= 4 is 17.7 Å². The number of fused-ring (bicyclic) bond motifs is 3. The van der Waals surface area contributed by atoms with Gasteiger partial charge in [0, 0.05) is 23.7 Å². The first-order chi connectivity index (χ1) is 14.3. The topological polar surface area (TPSA) is 80.7 Å². The lowest BCUT2D eigenvalue weighted by molar-refractivity contribution is -0.149. The van der Waals surface area contributed by atoms with Crippen LogP contribution in [0.3, 0.4) is 0 Å². The van der Waals surface area contributed by atoms with Crippen molar-refractivity contribution < 1.29 is 24.2 Å². The largest absolute Gasteiger partial charge is 0.481 e. The number of Topliss-reactive ketones (excluding diaryl/α,β-unsaturated/α-hetero) is 1. The zero-order valence-corrected chi connectivity index (χ0v) is 17.9. The Bertz CT molecular complexity index is 833. The van der Waals surface area contributed by atoms with Crippen molar-refractivity contribution in [2.24, 2.45) is 28.6 Å². The Kier molecular flexibility index (Phi) is 5.50. The number of ether oxygens (including phenoxy) is 1. The van der Waals surface area contributed by atoms with E-state index in [-0.39, 0.29) is 35.6 Å². The lowest BCUT2D eigenvalue weighted by atomic mass is 9.49. The molecule has 0 spiro atoms. The molecule has 0 unspecified atom stereocenters. The molecule has 0 aliphatic heterocycles. The number of aliphatic carboxylic acids is 1. The second-order valence-electron chi connectivity index (χ2n) is 10.0. The molecule has 5 heteroatoms. The van der Waals surface area contributed by atoms with Crippen LogP contribution in [0.4, 0.5) is 0 Å². The molecule has 4 rings (SSSR count). The average Bonchev–Trinajstić information content (AvgIpc) is 3.06. The molecular weight excluding hydrogens is 380 g/mol. The van der Waals surface area contributed by atoms with E-state index in [0.29, 0.717) is 30.2 Å². The van der Waals surface area contributed by atoms with Gasteiger partial charge in [0.1, 0.15) is 11.9 Å². The molecule has 162 valence electrons. The third kappa shape index (κ3) is 3.46. The summed E-state index contributed by atoms with van der Waals surface area (Å²) >= 11 is 0. The molecular formula is C25H32O5. The maximum atomic E-state index is 12.9. The fourth-order valence-electron chi connectivity index (χ4n) is 6.88. The zero-order chi connectivity index (χ0) is 21.5. The third-order valence-corrected chi connectivity index (χ3v) is 8.63. The molecule has 5 nitrogen and oxygen atoms in total. The first-order valence-electron chi connectivity index (χ1n) is 11.3. The molecule has 3 fully saturated rings. The van der Waals surface area contributed by atoms with Gasteiger partial charge in [-0.1, -0.05) is 32.0 Å². The van der Waals surface area contributed by atoms with Gasteiger partial charge in [0.25, 0.3) is 0 Å². The van der Waals surface area contributed by atoms with Crippen LogP contribution in [0.1, 0.15) is 75.6 Å². The number of esters is 1. The average molecular weight is 413 g/mol. The minimum absolute atomic E-state index is 0.0463. The summed E-state index contributed by atoms with van der Waals surface area (Å²) in [5.41, 5.74) is -0.0241. The van der Waals surface area contributed by atoms with Crippen molar-refractivity contribution in [2.75, 3.05) is 0 Å². The number of hydrogen-bond acceptors (Lipinski definition) is 4. The van der Waals surface area contributed by atoms with Crippen LogP contribution >= 0.6 is 0 Å². The van der Waals surface area contributed by atoms with Gasteiger partial charge >= 0.3 is 11.9 Å². The molecule has 1 N–H and O–H groups in total. The first-order valence-corrected chi connectivity index (χ1v) is 11.3. The molecule has 0 saturated heterocycles. The van der Waals surface area contributed by atoms with Crippen LogP contribution in [-0.2, 0) is 14.3 Å². The summed E-state index contributed by atoms with van der Waals surface area (Å²) in [4.78, 5) is 36.7. The van der Waals surface area contributed by atoms with Gasteiger partial charge in [-0.3, -0.25) is 9.59 Å². The number of benzene rings is 1. The van der Waals surface area contributed by atoms with Crippen molar-refractivity contribution in [1.82, 2.24) is 0 Å². The second kappa shape index (κ2) is 7.82. The molecule has 0 radical (unpaired) electrons. The van der Waals surface area contributed by atoms with Gasteiger partial charge in [-0.15, -0.1) is 0 Å². The molecule has 1 aromatic carbocycles. The minimum Gasteiger partial charge on any atom is -0.481 e. The number of carboxylic acids is 1. The standard InChI is InChI=1S/C25H32O5/c1-24(15-13-22(27)28)19-12-14-25(2)18(17(19)8-10-20(24)26)9-11-21(25)30-23(29)16-6-4-3-5-7-16/h3-7,17-19,21H,8-15H2,1-2H3,(H,27,28)/t17-,18+,19-,21+,24+,25-/m0/s1. The maximum absolute atomic E-state index is 12.9. The van der Waals surface area contributed by atoms with Crippen LogP contribution in [0.2, 0.25) is 0 Å². The van der Waals surface area contributed by atoms with Crippen LogP contribution < -0.4 is 0 Å². The van der Waals surface area contributed by atoms with Gasteiger partial charge < -0.3 is 9.84 Å². The molecule has 0 heterocycles. The predicted molar refractivity (Wildman–Crippen MR) is 112 cm³/mol. The molecule has 0 amide bonds. The monoisotopic (exact) mass is 412 g/mol. The van der Waals surface area contributed by atoms with E-state index in [9.17, 15) is 19.5 Å². The highest BCUT2D eigenvalue weighted by atomic mass is 16.5. The zero-order valence-electron chi connectivity index (χ0n) is 17.9. The number of carbonyl (C=O) groups is 3. The Morgan fingerprint density at radius 3 is 2.50 bits per heavy atom. The molecule has 1 aromatic rings. The van der Waals surface area contributed by atoms with Crippen LogP contribution in [0.25, 0.3) is 0 Å². The van der Waals surface area contributed by atoms with E-state index in [4.69, 9.17) is 4.74 Å². The fraction of sp³-hybridized carbons (Fsp3) is 0.640. The molecule has 3 aliphatic carbocycles. The van der Waals surface area contributed by atoms with Crippen molar-refractivity contribution in [2.45, 2.75) is 71.3 Å². The van der Waals surface area contributed by atoms with Gasteiger partial charge in [0.2, 0.25) is 0 Å². The van der Waals surface area contributed by atoms with Crippen LogP contribution in [0.5, 0.6) is 0 Å². The Hall–Kier alpha value is -2.17. The van der Waals surface area contributed by atoms with Gasteiger partial charge in [0.05, 0.1) is 5.56 Å². The Morgan fingerprint density at radius 2 is 1.80 bits per heavy atom. The van der Waals surface area contributed by atoms with Gasteiger partial charge in [-0.05, 0) is 68.4 Å². The van der Waals surface area contributed by atoms with E-state index in [0.717, 1.165) is 32.1 Å². The highest BCUT2D eigenvalue weighted by molar-refractivity contribution is 5.89. The van der Waals surface area contributed by atoms with E-state index >= 15 is 0 Å². The number of carbonyl (C=O) groups excluding carboxylic acids is 2. The summed E-state index contributed by atoms with van der Waals surface area (Å²) in [6.07, 6.45) is 5.49. The SMILES string of the molecule is C[C@]12CC[C@H]3[C@@H](CCC(=O)[C@]3(C)CCC(=O)O)[C@H]1CC[C@H]2OC(=O)c1ccccc1. The Labute approximate surface area is 178 Å². The highest BCUT2D eigenvalue weighted by Gasteiger charge is 2.60. The number of rotatable bonds is 5. The first kappa shape index (κ1) is 21.1. The molecule has 0 bridgehead atoms. The Balaban J connectivity index is 1.52. The lowest BCUT2D eigenvalue weighted by Gasteiger charge is -2.55. The van der Waals surface area contributed by atoms with Crippen LogP contribution in [0, 0.1) is 28.6 Å². The van der Waals surface area contributed by atoms with E-state index < -0.39 is 11.4 Å². The smallest absolute Gasteiger partial charge is 0.338 e. The fourth-order valence-corrected chi connectivity index (χ4v) is 6.88. The summed E-state index contributed by atoms with van der Waals surface area (Å²) in [7, 11) is 0. The van der Waals surface area contributed by atoms with Crippen LogP contribution in [-0.4, -0.2) is 28.9 Å². The highest BCUT2D eigenvalue weighted by Crippen LogP contribution is 2.63. The number of hydrogen-bond donors (Lipinski definition) is 1. The van der Waals surface area contributed by atoms with Gasteiger partial charge in [-0.25, -0.2) is 4.79 Å². The van der Waals surface area contributed by atoms with Gasteiger partial charge in [-0.2, -0.15) is 0 Å². The van der Waals surface area contributed by atoms with E-state index in [1.807, 2.05) is 25.1 Å². The van der Waals surface area contributed by atoms with E-state index in [2.05, 4.69) is 6.92 Å². The third-order valence-electron chi connectivity index (χ3n) is 8.63. The summed E-state index contributed by atoms with van der Waals surface area (Å²) in [6.45, 7) is 4.26. The maximum Gasteiger partial charge on any atom is 0.338 e. The molecule has 3 aliphatic rings. The van der Waals surface area contributed by atoms with Crippen molar-refractivity contribution in [3.63, 3.8) is 0 Å². The summed E-state index contributed by atoms with van der Waals surface area (Å²) < 4.78 is 6.02. The normalized spacial score (nSPS) is 37.9. The second-order valence-corrected chi connectivity index (χ2v) is 10.0. The van der Waals surface area contributed by atoms with Crippen molar-refractivity contribution in [3.8, 4) is 0 Å². The van der Waals surface area contributed by atoms with Crippen molar-refractivity contribution in [3.05, 3.63) is 35.9 Å². The Morgan fingerprint density at radius 1 is 1.07 bits per heavy atom. The quantitative estimate of drug-likeness (QED) is 0.697. The summed E-state index contributed by atoms with van der Waals surface area (Å²) in [6, 6.07) is 9.15.